The van der Waals surface area contributed by atoms with E-state index < -0.39 is 6.10 Å². The van der Waals surface area contributed by atoms with Crippen LogP contribution in [0.5, 0.6) is 0 Å². The van der Waals surface area contributed by atoms with Crippen LogP contribution in [-0.2, 0) is 22.4 Å². The standard InChI is InChI=1S/C24H29N3O3/c1-17-5-4-6-18(13-17)14-23(29)25-20-15-26(11-10-22(20)28)16-24(30)27-12-9-19-7-2-3-8-21(19)27/h2-8,13,20,22,28H,9-12,14-16H2,1H3,(H,25,29)/t20-,22+/m1/s1. The molecule has 2 amide bonds. The number of carbonyl (C=O) groups is 2. The van der Waals surface area contributed by atoms with E-state index in [2.05, 4.69) is 11.4 Å². The van der Waals surface area contributed by atoms with Crippen molar-refractivity contribution in [3.05, 3.63) is 65.2 Å². The van der Waals surface area contributed by atoms with Gasteiger partial charge < -0.3 is 15.3 Å². The van der Waals surface area contributed by atoms with Crippen molar-refractivity contribution in [3.8, 4) is 0 Å². The average Bonchev–Trinajstić information content (AvgIpc) is 3.15. The molecule has 2 aromatic rings. The van der Waals surface area contributed by atoms with Crippen molar-refractivity contribution < 1.29 is 14.7 Å². The Morgan fingerprint density at radius 3 is 2.80 bits per heavy atom. The van der Waals surface area contributed by atoms with Crippen molar-refractivity contribution in [2.45, 2.75) is 38.3 Å². The number of para-hydroxylation sites is 1. The molecule has 2 N–H and O–H groups in total. The summed E-state index contributed by atoms with van der Waals surface area (Å²) in [5, 5.41) is 13.4. The quantitative estimate of drug-likeness (QED) is 0.791. The molecule has 6 heteroatoms. The monoisotopic (exact) mass is 407 g/mol. The van der Waals surface area contributed by atoms with Crippen LogP contribution in [0.15, 0.2) is 48.5 Å². The number of rotatable bonds is 5. The third-order valence-corrected chi connectivity index (χ3v) is 6.00. The van der Waals surface area contributed by atoms with Crippen molar-refractivity contribution in [2.75, 3.05) is 31.1 Å². The molecule has 6 nitrogen and oxygen atoms in total. The second-order valence-corrected chi connectivity index (χ2v) is 8.36. The predicted octanol–water partition coefficient (Wildman–Crippen LogP) is 1.68. The predicted molar refractivity (Wildman–Crippen MR) is 116 cm³/mol. The lowest BCUT2D eigenvalue weighted by Crippen LogP contribution is -2.56. The number of aliphatic hydroxyl groups is 1. The number of piperidine rings is 1. The van der Waals surface area contributed by atoms with Gasteiger partial charge in [-0.05, 0) is 37.0 Å². The number of hydrogen-bond acceptors (Lipinski definition) is 4. The van der Waals surface area contributed by atoms with Crippen LogP contribution >= 0.6 is 0 Å². The van der Waals surface area contributed by atoms with Crippen LogP contribution < -0.4 is 10.2 Å². The topological polar surface area (TPSA) is 72.9 Å². The van der Waals surface area contributed by atoms with Crippen molar-refractivity contribution in [1.82, 2.24) is 10.2 Å². The highest BCUT2D eigenvalue weighted by Gasteiger charge is 2.32. The van der Waals surface area contributed by atoms with E-state index in [9.17, 15) is 14.7 Å². The van der Waals surface area contributed by atoms with E-state index in [0.29, 0.717) is 32.6 Å². The van der Waals surface area contributed by atoms with Gasteiger partial charge in [0.25, 0.3) is 0 Å². The summed E-state index contributed by atoms with van der Waals surface area (Å²) in [6.07, 6.45) is 1.12. The lowest BCUT2D eigenvalue weighted by atomic mass is 10.0. The van der Waals surface area contributed by atoms with Crippen molar-refractivity contribution in [3.63, 3.8) is 0 Å². The second kappa shape index (κ2) is 8.98. The molecule has 2 heterocycles. The van der Waals surface area contributed by atoms with Crippen molar-refractivity contribution in [2.24, 2.45) is 0 Å². The first-order valence-corrected chi connectivity index (χ1v) is 10.6. The summed E-state index contributed by atoms with van der Waals surface area (Å²) in [7, 11) is 0. The van der Waals surface area contributed by atoms with Gasteiger partial charge in [0.1, 0.15) is 0 Å². The Morgan fingerprint density at radius 1 is 1.13 bits per heavy atom. The summed E-state index contributed by atoms with van der Waals surface area (Å²) < 4.78 is 0. The van der Waals surface area contributed by atoms with Gasteiger partial charge in [0, 0.05) is 25.3 Å². The molecule has 30 heavy (non-hydrogen) atoms. The highest BCUT2D eigenvalue weighted by atomic mass is 16.3. The molecule has 0 aromatic heterocycles. The molecular formula is C24H29N3O3. The van der Waals surface area contributed by atoms with E-state index in [-0.39, 0.29) is 24.3 Å². The maximum atomic E-state index is 12.9. The van der Waals surface area contributed by atoms with Gasteiger partial charge in [-0.1, -0.05) is 48.0 Å². The minimum atomic E-state index is -0.592. The van der Waals surface area contributed by atoms with E-state index in [0.717, 1.165) is 23.2 Å². The van der Waals surface area contributed by atoms with Crippen LogP contribution in [0.4, 0.5) is 5.69 Å². The summed E-state index contributed by atoms with van der Waals surface area (Å²) in [6, 6.07) is 15.5. The number of anilines is 1. The highest BCUT2D eigenvalue weighted by Crippen LogP contribution is 2.27. The zero-order chi connectivity index (χ0) is 21.1. The first-order valence-electron chi connectivity index (χ1n) is 10.6. The van der Waals surface area contributed by atoms with Crippen LogP contribution in [0.25, 0.3) is 0 Å². The molecule has 1 fully saturated rings. The number of hydrogen-bond donors (Lipinski definition) is 2. The molecule has 2 aliphatic heterocycles. The second-order valence-electron chi connectivity index (χ2n) is 8.36. The molecule has 4 rings (SSSR count). The van der Waals surface area contributed by atoms with Crippen LogP contribution in [0.1, 0.15) is 23.1 Å². The fourth-order valence-electron chi connectivity index (χ4n) is 4.43. The summed E-state index contributed by atoms with van der Waals surface area (Å²) in [5.74, 6) is -0.0347. The van der Waals surface area contributed by atoms with Gasteiger partial charge in [0.2, 0.25) is 11.8 Å². The molecule has 2 atom stereocenters. The first-order chi connectivity index (χ1) is 14.5. The SMILES string of the molecule is Cc1cccc(CC(=O)N[C@@H]2CN(CC(=O)N3CCc4ccccc43)CC[C@@H]2O)c1. The molecular weight excluding hydrogens is 378 g/mol. The molecule has 0 spiro atoms. The number of carbonyl (C=O) groups excluding carboxylic acids is 2. The van der Waals surface area contributed by atoms with Gasteiger partial charge in [-0.2, -0.15) is 0 Å². The smallest absolute Gasteiger partial charge is 0.241 e. The summed E-state index contributed by atoms with van der Waals surface area (Å²) >= 11 is 0. The number of likely N-dealkylation sites (tertiary alicyclic amines) is 1. The highest BCUT2D eigenvalue weighted by molar-refractivity contribution is 5.96. The first kappa shape index (κ1) is 20.6. The third kappa shape index (κ3) is 4.71. The van der Waals surface area contributed by atoms with E-state index in [1.807, 2.05) is 59.2 Å². The minimum Gasteiger partial charge on any atom is -0.391 e. The zero-order valence-electron chi connectivity index (χ0n) is 17.4. The summed E-state index contributed by atoms with van der Waals surface area (Å²) in [6.45, 7) is 4.13. The van der Waals surface area contributed by atoms with Gasteiger partial charge in [-0.25, -0.2) is 0 Å². The number of nitrogens with zero attached hydrogens (tertiary/aromatic N) is 2. The number of fused-ring (bicyclic) bond motifs is 1. The summed E-state index contributed by atoms with van der Waals surface area (Å²) in [5.41, 5.74) is 4.28. The van der Waals surface area contributed by atoms with E-state index in [1.165, 1.54) is 5.56 Å². The van der Waals surface area contributed by atoms with Crippen molar-refractivity contribution in [1.29, 1.82) is 0 Å². The van der Waals surface area contributed by atoms with E-state index in [4.69, 9.17) is 0 Å². The molecule has 2 aromatic carbocycles. The lowest BCUT2D eigenvalue weighted by molar-refractivity contribution is -0.123. The largest absolute Gasteiger partial charge is 0.391 e. The van der Waals surface area contributed by atoms with Crippen LogP contribution in [0.3, 0.4) is 0 Å². The normalized spacial score (nSPS) is 21.3. The van der Waals surface area contributed by atoms with Crippen LogP contribution in [-0.4, -0.2) is 60.1 Å². The minimum absolute atomic E-state index is 0.0705. The van der Waals surface area contributed by atoms with E-state index >= 15 is 0 Å². The number of nitrogens with one attached hydrogen (secondary N) is 1. The maximum absolute atomic E-state index is 12.9. The number of benzene rings is 2. The fourth-order valence-corrected chi connectivity index (χ4v) is 4.43. The van der Waals surface area contributed by atoms with E-state index in [1.54, 1.807) is 0 Å². The van der Waals surface area contributed by atoms with Crippen LogP contribution in [0.2, 0.25) is 0 Å². The molecule has 2 aliphatic rings. The lowest BCUT2D eigenvalue weighted by Gasteiger charge is -2.36. The van der Waals surface area contributed by atoms with Crippen LogP contribution in [0, 0.1) is 6.92 Å². The van der Waals surface area contributed by atoms with Gasteiger partial charge in [-0.3, -0.25) is 14.5 Å². The van der Waals surface area contributed by atoms with Crippen molar-refractivity contribution >= 4 is 17.5 Å². The fraction of sp³-hybridized carbons (Fsp3) is 0.417. The molecule has 0 saturated carbocycles. The van der Waals surface area contributed by atoms with Gasteiger partial charge >= 0.3 is 0 Å². The Morgan fingerprint density at radius 2 is 1.97 bits per heavy atom. The third-order valence-electron chi connectivity index (χ3n) is 6.00. The zero-order valence-corrected chi connectivity index (χ0v) is 17.4. The Labute approximate surface area is 177 Å². The number of aliphatic hydroxyl groups excluding tert-OH is 1. The van der Waals surface area contributed by atoms with Gasteiger partial charge in [0.15, 0.2) is 0 Å². The molecule has 1 saturated heterocycles. The number of amides is 2. The molecule has 0 aliphatic carbocycles. The average molecular weight is 408 g/mol. The molecule has 0 unspecified atom stereocenters. The summed E-state index contributed by atoms with van der Waals surface area (Å²) in [4.78, 5) is 29.3. The maximum Gasteiger partial charge on any atom is 0.241 e. The van der Waals surface area contributed by atoms with Gasteiger partial charge in [-0.15, -0.1) is 0 Å². The Balaban J connectivity index is 1.33. The molecule has 0 bridgehead atoms. The Bertz CT molecular complexity index is 929. The molecule has 0 radical (unpaired) electrons. The Hall–Kier alpha value is -2.70. The molecule has 158 valence electrons. The number of aryl methyl sites for hydroxylation is 1. The Kier molecular flexibility index (Phi) is 6.16. The van der Waals surface area contributed by atoms with Gasteiger partial charge in [0.05, 0.1) is 25.1 Å².